The highest BCUT2D eigenvalue weighted by molar-refractivity contribution is 7.22. The molecule has 1 atom stereocenters. The largest absolute Gasteiger partial charge is 0.507 e. The first-order chi connectivity index (χ1) is 15.6. The molecule has 7 nitrogen and oxygen atoms in total. The van der Waals surface area contributed by atoms with Gasteiger partial charge < -0.3 is 9.84 Å². The number of nitrogens with zero attached hydrogens (tertiary/aromatic N) is 3. The second-order valence-electron chi connectivity index (χ2n) is 7.15. The van der Waals surface area contributed by atoms with E-state index in [1.807, 2.05) is 36.4 Å². The predicted octanol–water partition coefficient (Wildman–Crippen LogP) is 4.33. The number of fused-ring (bicyclic) bond motifs is 1. The van der Waals surface area contributed by atoms with Crippen molar-refractivity contribution in [2.24, 2.45) is 0 Å². The number of thiazole rings is 1. The molecule has 0 bridgehead atoms. The van der Waals surface area contributed by atoms with E-state index in [0.29, 0.717) is 27.5 Å². The normalized spacial score (nSPS) is 17.8. The maximum Gasteiger partial charge on any atom is 0.301 e. The third-order valence-electron chi connectivity index (χ3n) is 5.30. The zero-order valence-corrected chi connectivity index (χ0v) is 17.7. The predicted molar refractivity (Wildman–Crippen MR) is 122 cm³/mol. The van der Waals surface area contributed by atoms with Crippen molar-refractivity contribution >= 4 is 44.1 Å². The van der Waals surface area contributed by atoms with Gasteiger partial charge in [0.15, 0.2) is 5.13 Å². The SMILES string of the molecule is COc1ccc2nc(N3C(=O)C(=O)C(=C(O)c4ccncc4)C3c3ccccc3)sc2c1. The monoisotopic (exact) mass is 443 g/mol. The van der Waals surface area contributed by atoms with E-state index in [2.05, 4.69) is 9.97 Å². The molecule has 1 saturated heterocycles. The number of rotatable bonds is 4. The molecule has 2 aromatic carbocycles. The molecule has 2 aromatic heterocycles. The number of aliphatic hydroxyl groups is 1. The highest BCUT2D eigenvalue weighted by Crippen LogP contribution is 2.44. The summed E-state index contributed by atoms with van der Waals surface area (Å²) < 4.78 is 6.10. The van der Waals surface area contributed by atoms with Crippen LogP contribution in [-0.2, 0) is 9.59 Å². The average Bonchev–Trinajstić information content (AvgIpc) is 3.37. The van der Waals surface area contributed by atoms with E-state index in [9.17, 15) is 14.7 Å². The fraction of sp³-hybridized carbons (Fsp3) is 0.0833. The van der Waals surface area contributed by atoms with Gasteiger partial charge in [0.25, 0.3) is 5.78 Å². The molecule has 5 rings (SSSR count). The van der Waals surface area contributed by atoms with Crippen molar-refractivity contribution in [1.29, 1.82) is 0 Å². The van der Waals surface area contributed by atoms with Gasteiger partial charge in [-0.05, 0) is 35.9 Å². The van der Waals surface area contributed by atoms with E-state index in [4.69, 9.17) is 4.74 Å². The molecule has 1 N–H and O–H groups in total. The van der Waals surface area contributed by atoms with Gasteiger partial charge in [-0.15, -0.1) is 0 Å². The van der Waals surface area contributed by atoms with Gasteiger partial charge in [0, 0.05) is 18.0 Å². The molecule has 0 saturated carbocycles. The van der Waals surface area contributed by atoms with Crippen molar-refractivity contribution in [2.75, 3.05) is 12.0 Å². The van der Waals surface area contributed by atoms with Crippen LogP contribution in [0.15, 0.2) is 78.6 Å². The van der Waals surface area contributed by atoms with E-state index in [1.54, 1.807) is 31.4 Å². The lowest BCUT2D eigenvalue weighted by molar-refractivity contribution is -0.132. The first-order valence-electron chi connectivity index (χ1n) is 9.79. The highest BCUT2D eigenvalue weighted by atomic mass is 32.1. The Morgan fingerprint density at radius 2 is 1.81 bits per heavy atom. The molecule has 1 aliphatic heterocycles. The van der Waals surface area contributed by atoms with Crippen molar-refractivity contribution in [2.45, 2.75) is 6.04 Å². The minimum absolute atomic E-state index is 0.0178. The highest BCUT2D eigenvalue weighted by Gasteiger charge is 2.48. The molecule has 0 spiro atoms. The van der Waals surface area contributed by atoms with Crippen molar-refractivity contribution in [3.05, 3.63) is 89.8 Å². The van der Waals surface area contributed by atoms with Crippen LogP contribution in [0.4, 0.5) is 5.13 Å². The Hall–Kier alpha value is -4.04. The molecule has 3 heterocycles. The van der Waals surface area contributed by atoms with Crippen LogP contribution in [0.2, 0.25) is 0 Å². The minimum Gasteiger partial charge on any atom is -0.507 e. The van der Waals surface area contributed by atoms with Crippen LogP contribution < -0.4 is 9.64 Å². The van der Waals surface area contributed by atoms with Crippen LogP contribution in [0, 0.1) is 0 Å². The van der Waals surface area contributed by atoms with Crippen LogP contribution in [0.5, 0.6) is 5.75 Å². The number of ketones is 1. The molecular weight excluding hydrogens is 426 g/mol. The lowest BCUT2D eigenvalue weighted by Crippen LogP contribution is -2.29. The van der Waals surface area contributed by atoms with Gasteiger partial charge in [-0.2, -0.15) is 0 Å². The third-order valence-corrected chi connectivity index (χ3v) is 6.32. The van der Waals surface area contributed by atoms with Gasteiger partial charge in [0.1, 0.15) is 11.5 Å². The Kier molecular flexibility index (Phi) is 4.91. The van der Waals surface area contributed by atoms with Gasteiger partial charge in [-0.25, -0.2) is 4.98 Å². The average molecular weight is 443 g/mol. The second kappa shape index (κ2) is 7.90. The Bertz CT molecular complexity index is 1370. The molecule has 1 fully saturated rings. The number of benzene rings is 2. The molecule has 1 unspecified atom stereocenters. The second-order valence-corrected chi connectivity index (χ2v) is 8.15. The van der Waals surface area contributed by atoms with E-state index >= 15 is 0 Å². The topological polar surface area (TPSA) is 92.6 Å². The van der Waals surface area contributed by atoms with E-state index in [0.717, 1.165) is 4.70 Å². The summed E-state index contributed by atoms with van der Waals surface area (Å²) >= 11 is 1.29. The van der Waals surface area contributed by atoms with Crippen LogP contribution >= 0.6 is 11.3 Å². The fourth-order valence-electron chi connectivity index (χ4n) is 3.77. The number of pyridine rings is 1. The zero-order valence-electron chi connectivity index (χ0n) is 16.9. The summed E-state index contributed by atoms with van der Waals surface area (Å²) in [4.78, 5) is 36.2. The van der Waals surface area contributed by atoms with Gasteiger partial charge in [-0.1, -0.05) is 41.7 Å². The smallest absolute Gasteiger partial charge is 0.301 e. The first-order valence-corrected chi connectivity index (χ1v) is 10.6. The summed E-state index contributed by atoms with van der Waals surface area (Å²) in [5.74, 6) is -1.07. The van der Waals surface area contributed by atoms with Gasteiger partial charge in [-0.3, -0.25) is 19.5 Å². The zero-order chi connectivity index (χ0) is 22.2. The quantitative estimate of drug-likeness (QED) is 0.287. The van der Waals surface area contributed by atoms with Gasteiger partial charge in [0.2, 0.25) is 0 Å². The molecule has 1 aliphatic rings. The Labute approximate surface area is 187 Å². The summed E-state index contributed by atoms with van der Waals surface area (Å²) in [5.41, 5.74) is 1.81. The standard InChI is InChI=1S/C24H17N3O4S/c1-31-16-7-8-17-18(13-16)32-24(26-17)27-20(14-5-3-2-4-6-14)19(22(29)23(27)30)21(28)15-9-11-25-12-10-15/h2-13,20,28H,1H3. The first kappa shape index (κ1) is 19.9. The van der Waals surface area contributed by atoms with Crippen LogP contribution in [0.25, 0.3) is 16.0 Å². The number of ether oxygens (including phenoxy) is 1. The van der Waals surface area contributed by atoms with Crippen molar-refractivity contribution < 1.29 is 19.4 Å². The summed E-state index contributed by atoms with van der Waals surface area (Å²) in [5, 5.41) is 11.4. The molecule has 8 heteroatoms. The summed E-state index contributed by atoms with van der Waals surface area (Å²) in [7, 11) is 1.58. The minimum atomic E-state index is -0.813. The third kappa shape index (κ3) is 3.21. The van der Waals surface area contributed by atoms with Crippen molar-refractivity contribution in [3.63, 3.8) is 0 Å². The number of aliphatic hydroxyl groups excluding tert-OH is 1. The molecule has 1 amide bonds. The Morgan fingerprint density at radius 3 is 2.53 bits per heavy atom. The maximum atomic E-state index is 13.2. The van der Waals surface area contributed by atoms with Crippen LogP contribution in [-0.4, -0.2) is 33.9 Å². The number of hydrogen-bond acceptors (Lipinski definition) is 7. The Morgan fingerprint density at radius 1 is 1.06 bits per heavy atom. The maximum absolute atomic E-state index is 13.2. The lowest BCUT2D eigenvalue weighted by Gasteiger charge is -2.22. The summed E-state index contributed by atoms with van der Waals surface area (Å²) in [6.07, 6.45) is 3.03. The summed E-state index contributed by atoms with van der Waals surface area (Å²) in [6, 6.07) is 16.9. The molecule has 4 aromatic rings. The van der Waals surface area contributed by atoms with Gasteiger partial charge in [0.05, 0.1) is 28.9 Å². The number of carbonyl (C=O) groups excluding carboxylic acids is 2. The Balaban J connectivity index is 1.71. The van der Waals surface area contributed by atoms with Crippen molar-refractivity contribution in [3.8, 4) is 5.75 Å². The number of methoxy groups -OCH3 is 1. The molecule has 0 aliphatic carbocycles. The number of hydrogen-bond donors (Lipinski definition) is 1. The number of carbonyl (C=O) groups is 2. The number of amides is 1. The number of anilines is 1. The molecule has 32 heavy (non-hydrogen) atoms. The molecule has 158 valence electrons. The lowest BCUT2D eigenvalue weighted by atomic mass is 9.96. The van der Waals surface area contributed by atoms with E-state index in [-0.39, 0.29) is 11.3 Å². The van der Waals surface area contributed by atoms with E-state index < -0.39 is 17.7 Å². The van der Waals surface area contributed by atoms with E-state index in [1.165, 1.54) is 28.6 Å². The fourth-order valence-corrected chi connectivity index (χ4v) is 4.79. The molecular formula is C24H17N3O4S. The molecule has 0 radical (unpaired) electrons. The van der Waals surface area contributed by atoms with Crippen molar-refractivity contribution in [1.82, 2.24) is 9.97 Å². The number of aromatic nitrogens is 2. The van der Waals surface area contributed by atoms with Crippen LogP contribution in [0.3, 0.4) is 0 Å². The van der Waals surface area contributed by atoms with Gasteiger partial charge >= 0.3 is 5.91 Å². The van der Waals surface area contributed by atoms with Crippen LogP contribution in [0.1, 0.15) is 17.2 Å². The number of Topliss-reactive ketones (excluding diaryl/α,β-unsaturated/α-hetero) is 1. The summed E-state index contributed by atoms with van der Waals surface area (Å²) in [6.45, 7) is 0.